The maximum absolute atomic E-state index is 2.68. The molecule has 0 fully saturated rings. The van der Waals surface area contributed by atoms with Crippen LogP contribution in [0.3, 0.4) is 0 Å². The summed E-state index contributed by atoms with van der Waals surface area (Å²) in [6.07, 6.45) is 20.2. The van der Waals surface area contributed by atoms with E-state index in [2.05, 4.69) is 47.5 Å². The molecule has 0 aliphatic heterocycles. The summed E-state index contributed by atoms with van der Waals surface area (Å²) < 4.78 is 9.16. The molecule has 0 N–H and O–H groups in total. The quantitative estimate of drug-likeness (QED) is 0.348. The molecular weight excluding hydrogens is 419 g/mol. The van der Waals surface area contributed by atoms with Gasteiger partial charge in [-0.3, -0.25) is 0 Å². The Kier molecular flexibility index (Phi) is 6.47. The summed E-state index contributed by atoms with van der Waals surface area (Å²) in [5.41, 5.74) is 3.44. The molecule has 1 heteroatoms. The molecule has 0 heterocycles. The van der Waals surface area contributed by atoms with Crippen molar-refractivity contribution in [3.63, 3.8) is 0 Å². The van der Waals surface area contributed by atoms with Gasteiger partial charge >= 0.3 is 137 Å². The van der Waals surface area contributed by atoms with Gasteiger partial charge in [-0.15, -0.1) is 0 Å². The van der Waals surface area contributed by atoms with E-state index >= 15 is 0 Å². The third-order valence-electron chi connectivity index (χ3n) is 5.17. The number of unbranched alkanes of at least 4 members (excludes halogenated alkanes) is 2. The standard InChI is InChI=1S/2C9H13.2CH3.Hf/c2*1-2-3-6-9-7-4-5-8-9;;;/h2*4,7H,2-3,5-6H2,1H3;2*1H3;. The van der Waals surface area contributed by atoms with Crippen LogP contribution in [-0.2, 0) is 20.0 Å². The molecule has 2 aliphatic carbocycles. The van der Waals surface area contributed by atoms with Crippen LogP contribution >= 0.6 is 0 Å². The summed E-state index contributed by atoms with van der Waals surface area (Å²) in [6.45, 7) is 4.61. The van der Waals surface area contributed by atoms with Crippen molar-refractivity contribution in [2.24, 2.45) is 0 Å². The Labute approximate surface area is 136 Å². The second-order valence-electron chi connectivity index (χ2n) is 7.05. The van der Waals surface area contributed by atoms with Crippen molar-refractivity contribution < 1.29 is 20.0 Å². The Morgan fingerprint density at radius 3 is 1.62 bits per heavy atom. The molecule has 116 valence electrons. The van der Waals surface area contributed by atoms with Gasteiger partial charge in [-0.1, -0.05) is 0 Å². The molecule has 0 bridgehead atoms. The molecule has 0 aromatic carbocycles. The molecule has 21 heavy (non-hydrogen) atoms. The summed E-state index contributed by atoms with van der Waals surface area (Å²) in [6, 6.07) is 0. The van der Waals surface area contributed by atoms with Crippen LogP contribution in [-0.4, -0.2) is 0 Å². The second kappa shape index (κ2) is 7.90. The van der Waals surface area contributed by atoms with Crippen molar-refractivity contribution in [2.45, 2.75) is 74.6 Å². The summed E-state index contributed by atoms with van der Waals surface area (Å²) in [7, 11) is 0. The average Bonchev–Trinajstić information content (AvgIpc) is 3.11. The predicted octanol–water partition coefficient (Wildman–Crippen LogP) is 7.04. The third-order valence-corrected chi connectivity index (χ3v) is 19.8. The van der Waals surface area contributed by atoms with Crippen molar-refractivity contribution in [3.05, 3.63) is 42.1 Å². The van der Waals surface area contributed by atoms with Gasteiger partial charge in [0.25, 0.3) is 0 Å². The molecule has 0 radical (unpaired) electrons. The Morgan fingerprint density at radius 1 is 0.810 bits per heavy atom. The van der Waals surface area contributed by atoms with Crippen molar-refractivity contribution in [1.29, 1.82) is 0 Å². The Hall–Kier alpha value is -0.170. The van der Waals surface area contributed by atoms with E-state index in [1.165, 1.54) is 51.4 Å². The molecule has 0 aromatic heterocycles. The molecule has 2 rings (SSSR count). The number of hydrogen-bond donors (Lipinski definition) is 0. The van der Waals surface area contributed by atoms with Crippen LogP contribution in [0.4, 0.5) is 0 Å². The molecule has 0 unspecified atom stereocenters. The fourth-order valence-corrected chi connectivity index (χ4v) is 16.9. The van der Waals surface area contributed by atoms with E-state index in [9.17, 15) is 0 Å². The van der Waals surface area contributed by atoms with Crippen molar-refractivity contribution in [2.75, 3.05) is 0 Å². The third kappa shape index (κ3) is 3.97. The monoisotopic (exact) mass is 452 g/mol. The van der Waals surface area contributed by atoms with Gasteiger partial charge in [-0.2, -0.15) is 0 Å². The summed E-state index contributed by atoms with van der Waals surface area (Å²) in [5, 5.41) is 0. The number of hydrogen-bond acceptors (Lipinski definition) is 0. The van der Waals surface area contributed by atoms with Crippen molar-refractivity contribution in [3.8, 4) is 0 Å². The minimum absolute atomic E-state index is 1.26. The van der Waals surface area contributed by atoms with E-state index in [0.29, 0.717) is 0 Å². The van der Waals surface area contributed by atoms with E-state index in [4.69, 9.17) is 0 Å². The first-order valence-corrected chi connectivity index (χ1v) is 19.7. The molecule has 0 spiro atoms. The topological polar surface area (TPSA) is 0 Å². The van der Waals surface area contributed by atoms with Gasteiger partial charge in [0, 0.05) is 0 Å². The molecule has 0 saturated carbocycles. The van der Waals surface area contributed by atoms with Crippen LogP contribution in [0.5, 0.6) is 0 Å². The number of rotatable bonds is 8. The van der Waals surface area contributed by atoms with E-state index < -0.39 is 20.0 Å². The second-order valence-corrected chi connectivity index (χ2v) is 23.1. The Balaban J connectivity index is 2.24. The molecular formula is C20H32Hf. The van der Waals surface area contributed by atoms with Crippen molar-refractivity contribution in [1.82, 2.24) is 0 Å². The first-order chi connectivity index (χ1) is 10.1. The Bertz CT molecular complexity index is 442. The van der Waals surface area contributed by atoms with Crippen LogP contribution in [0.1, 0.15) is 65.2 Å². The van der Waals surface area contributed by atoms with E-state index in [1.807, 2.05) is 6.66 Å². The normalized spacial score (nSPS) is 18.5. The van der Waals surface area contributed by atoms with Crippen LogP contribution in [0.15, 0.2) is 42.1 Å². The van der Waals surface area contributed by atoms with Gasteiger partial charge in [0.1, 0.15) is 0 Å². The van der Waals surface area contributed by atoms with Gasteiger partial charge in [-0.25, -0.2) is 0 Å². The summed E-state index contributed by atoms with van der Waals surface area (Å²) in [4.78, 5) is 0. The zero-order valence-corrected chi connectivity index (χ0v) is 18.1. The summed E-state index contributed by atoms with van der Waals surface area (Å²) >= 11 is -2.43. The molecule has 0 amide bonds. The van der Waals surface area contributed by atoms with Gasteiger partial charge in [-0.05, 0) is 0 Å². The summed E-state index contributed by atoms with van der Waals surface area (Å²) in [5.74, 6) is 0. The van der Waals surface area contributed by atoms with E-state index in [1.54, 1.807) is 11.1 Å². The first-order valence-electron chi connectivity index (χ1n) is 8.89. The fourth-order valence-electron chi connectivity index (χ4n) is 3.80. The van der Waals surface area contributed by atoms with Crippen LogP contribution in [0.25, 0.3) is 0 Å². The van der Waals surface area contributed by atoms with Crippen molar-refractivity contribution >= 4 is 0 Å². The van der Waals surface area contributed by atoms with E-state index in [0.717, 1.165) is 0 Å². The maximum atomic E-state index is 2.68. The Morgan fingerprint density at radius 2 is 1.24 bits per heavy atom. The van der Waals surface area contributed by atoms with Gasteiger partial charge in [0.2, 0.25) is 0 Å². The van der Waals surface area contributed by atoms with Gasteiger partial charge in [0.15, 0.2) is 0 Å². The molecule has 0 aromatic rings. The van der Waals surface area contributed by atoms with E-state index in [-0.39, 0.29) is 0 Å². The van der Waals surface area contributed by atoms with Gasteiger partial charge in [0.05, 0.1) is 0 Å². The molecule has 0 nitrogen and oxygen atoms in total. The van der Waals surface area contributed by atoms with Gasteiger partial charge < -0.3 is 0 Å². The number of allylic oxidation sites excluding steroid dienone is 8. The molecule has 0 saturated heterocycles. The minimum atomic E-state index is -2.43. The zero-order valence-electron chi connectivity index (χ0n) is 14.5. The molecule has 0 atom stereocenters. The van der Waals surface area contributed by atoms with Crippen LogP contribution < -0.4 is 0 Å². The average molecular weight is 451 g/mol. The fraction of sp³-hybridized carbons (Fsp3) is 0.600. The molecule has 2 aliphatic rings. The zero-order chi connectivity index (χ0) is 15.3. The first kappa shape index (κ1) is 17.2. The van der Waals surface area contributed by atoms with Crippen LogP contribution in [0.2, 0.25) is 9.36 Å². The van der Waals surface area contributed by atoms with Crippen LogP contribution in [0, 0.1) is 0 Å². The predicted molar refractivity (Wildman–Crippen MR) is 92.3 cm³/mol. The SMILES string of the molecule is CCCCC1=[C]([Hf]([CH3])([CH3])[C]2=C(CCCC)C=CC2)CC=C1.